The van der Waals surface area contributed by atoms with Crippen molar-refractivity contribution in [3.63, 3.8) is 0 Å². The van der Waals surface area contributed by atoms with Gasteiger partial charge in [-0.05, 0) is 0 Å². The van der Waals surface area contributed by atoms with Crippen LogP contribution in [0.25, 0.3) is 11.3 Å². The molecule has 0 fully saturated rings. The number of H-pyrrole nitrogens is 1. The number of anilines is 1. The van der Waals surface area contributed by atoms with Gasteiger partial charge in [0.05, 0.1) is 17.6 Å². The van der Waals surface area contributed by atoms with E-state index in [1.807, 2.05) is 30.3 Å². The number of nitrogens with zero attached hydrogens (tertiary/aromatic N) is 1. The molecule has 5 N–H and O–H groups in total. The molecule has 0 atom stereocenters. The zero-order valence-electron chi connectivity index (χ0n) is 7.81. The van der Waals surface area contributed by atoms with Crippen LogP contribution in [0.4, 0.5) is 5.69 Å². The first-order valence-electron chi connectivity index (χ1n) is 3.72. The van der Waals surface area contributed by atoms with Crippen molar-refractivity contribution in [3.05, 3.63) is 36.5 Å². The summed E-state index contributed by atoms with van der Waals surface area (Å²) in [5, 5.41) is 6.69. The molecule has 0 saturated carbocycles. The molecule has 15 heavy (non-hydrogen) atoms. The fourth-order valence-electron chi connectivity index (χ4n) is 1.13. The van der Waals surface area contributed by atoms with Crippen molar-refractivity contribution in [1.29, 1.82) is 0 Å². The van der Waals surface area contributed by atoms with Gasteiger partial charge in [0, 0.05) is 5.56 Å². The Kier molecular flexibility index (Phi) is 7.69. The molecule has 0 bridgehead atoms. The lowest BCUT2D eigenvalue weighted by Gasteiger charge is -1.96. The van der Waals surface area contributed by atoms with Gasteiger partial charge < -0.3 is 11.2 Å². The van der Waals surface area contributed by atoms with E-state index in [0.29, 0.717) is 5.69 Å². The first kappa shape index (κ1) is 16.2. The van der Waals surface area contributed by atoms with Gasteiger partial charge in [-0.25, -0.2) is 0 Å². The zero-order valence-corrected chi connectivity index (χ0v) is 9.44. The second kappa shape index (κ2) is 7.11. The summed E-state index contributed by atoms with van der Waals surface area (Å²) in [5.41, 5.74) is 8.31. The van der Waals surface area contributed by atoms with Crippen molar-refractivity contribution in [2.45, 2.75) is 0 Å². The van der Waals surface area contributed by atoms with Crippen molar-refractivity contribution in [3.8, 4) is 11.3 Å². The molecule has 6 heteroatoms. The third-order valence-corrected chi connectivity index (χ3v) is 1.73. The number of aromatic nitrogens is 2. The van der Waals surface area contributed by atoms with Crippen LogP contribution in [0.15, 0.2) is 36.5 Å². The number of rotatable bonds is 1. The van der Waals surface area contributed by atoms with Gasteiger partial charge in [-0.1, -0.05) is 30.3 Å². The highest BCUT2D eigenvalue weighted by atomic mass is 35.5. The molecule has 0 radical (unpaired) electrons. The minimum Gasteiger partial charge on any atom is -0.412 e. The number of nitrogens with two attached hydrogens (primary N) is 1. The van der Waals surface area contributed by atoms with E-state index < -0.39 is 0 Å². The van der Waals surface area contributed by atoms with Crippen LogP contribution in [0.1, 0.15) is 0 Å². The minimum atomic E-state index is 0. The van der Waals surface area contributed by atoms with Crippen molar-refractivity contribution in [2.24, 2.45) is 0 Å². The number of benzene rings is 1. The maximum absolute atomic E-state index is 5.68. The second-order valence-corrected chi connectivity index (χ2v) is 2.57. The first-order chi connectivity index (χ1) is 5.88. The molecule has 1 aromatic carbocycles. The predicted octanol–water partition coefficient (Wildman–Crippen LogP) is 1.68. The summed E-state index contributed by atoms with van der Waals surface area (Å²) in [6, 6.07) is 9.88. The fraction of sp³-hybridized carbons (Fsp3) is 0. The van der Waals surface area contributed by atoms with E-state index in [1.54, 1.807) is 6.20 Å². The molecular formula is C9H13Cl2N3O. The molecule has 0 aliphatic rings. The van der Waals surface area contributed by atoms with Crippen molar-refractivity contribution in [1.82, 2.24) is 10.2 Å². The Labute approximate surface area is 100 Å². The van der Waals surface area contributed by atoms with Gasteiger partial charge in [0.2, 0.25) is 0 Å². The average Bonchev–Trinajstić information content (AvgIpc) is 2.53. The van der Waals surface area contributed by atoms with Gasteiger partial charge in [-0.3, -0.25) is 5.10 Å². The molecule has 0 spiro atoms. The standard InChI is InChI=1S/C9H9N3.2ClH.H2O/c10-8-6-11-12-9(8)7-4-2-1-3-5-7;;;/h1-6H,10H2,(H,11,12);2*1H;1H2. The van der Waals surface area contributed by atoms with Gasteiger partial charge in [0.1, 0.15) is 0 Å². The van der Waals surface area contributed by atoms with E-state index in [4.69, 9.17) is 5.73 Å². The van der Waals surface area contributed by atoms with Crippen LogP contribution >= 0.6 is 24.8 Å². The lowest BCUT2D eigenvalue weighted by atomic mass is 10.1. The molecule has 1 heterocycles. The van der Waals surface area contributed by atoms with Crippen LogP contribution in [-0.4, -0.2) is 15.7 Å². The summed E-state index contributed by atoms with van der Waals surface area (Å²) in [4.78, 5) is 0. The SMILES string of the molecule is Cl.Cl.Nc1cn[nH]c1-c1ccccc1.O. The maximum Gasteiger partial charge on any atom is 0.0879 e. The highest BCUT2D eigenvalue weighted by Gasteiger charge is 2.01. The number of hydrogen-bond acceptors (Lipinski definition) is 2. The van der Waals surface area contributed by atoms with Gasteiger partial charge in [-0.15, -0.1) is 24.8 Å². The van der Waals surface area contributed by atoms with Gasteiger partial charge in [0.25, 0.3) is 0 Å². The van der Waals surface area contributed by atoms with E-state index in [-0.39, 0.29) is 30.3 Å². The van der Waals surface area contributed by atoms with Crippen LogP contribution < -0.4 is 5.73 Å². The Hall–Kier alpha value is -1.23. The second-order valence-electron chi connectivity index (χ2n) is 2.57. The number of nitrogen functional groups attached to an aromatic ring is 1. The summed E-state index contributed by atoms with van der Waals surface area (Å²) in [7, 11) is 0. The summed E-state index contributed by atoms with van der Waals surface area (Å²) >= 11 is 0. The molecule has 0 aliphatic heterocycles. The highest BCUT2D eigenvalue weighted by molar-refractivity contribution is 5.85. The first-order valence-corrected chi connectivity index (χ1v) is 3.72. The third-order valence-electron chi connectivity index (χ3n) is 1.73. The molecule has 4 nitrogen and oxygen atoms in total. The van der Waals surface area contributed by atoms with Gasteiger partial charge in [-0.2, -0.15) is 5.10 Å². The van der Waals surface area contributed by atoms with E-state index in [9.17, 15) is 0 Å². The molecule has 0 saturated heterocycles. The highest BCUT2D eigenvalue weighted by Crippen LogP contribution is 2.21. The Bertz CT molecular complexity index is 378. The van der Waals surface area contributed by atoms with Gasteiger partial charge >= 0.3 is 0 Å². The molecule has 2 rings (SSSR count). The van der Waals surface area contributed by atoms with Crippen molar-refractivity contribution >= 4 is 30.5 Å². The Morgan fingerprint density at radius 3 is 2.13 bits per heavy atom. The van der Waals surface area contributed by atoms with Crippen LogP contribution in [0.3, 0.4) is 0 Å². The molecule has 0 unspecified atom stereocenters. The van der Waals surface area contributed by atoms with Crippen LogP contribution in [0, 0.1) is 0 Å². The maximum atomic E-state index is 5.68. The van der Waals surface area contributed by atoms with Crippen LogP contribution in [0.5, 0.6) is 0 Å². The minimum absolute atomic E-state index is 0. The molecule has 84 valence electrons. The molecule has 2 aromatic rings. The normalized spacial score (nSPS) is 8.00. The number of hydrogen-bond donors (Lipinski definition) is 2. The van der Waals surface area contributed by atoms with Crippen LogP contribution in [-0.2, 0) is 0 Å². The lowest BCUT2D eigenvalue weighted by molar-refractivity contribution is 0.824. The fourth-order valence-corrected chi connectivity index (χ4v) is 1.13. The monoisotopic (exact) mass is 249 g/mol. The number of nitrogens with one attached hydrogen (secondary N) is 1. The molecular weight excluding hydrogens is 237 g/mol. The quantitative estimate of drug-likeness (QED) is 0.806. The summed E-state index contributed by atoms with van der Waals surface area (Å²) < 4.78 is 0. The smallest absolute Gasteiger partial charge is 0.0879 e. The molecule has 0 amide bonds. The summed E-state index contributed by atoms with van der Waals surface area (Å²) in [5.74, 6) is 0. The topological polar surface area (TPSA) is 86.2 Å². The Morgan fingerprint density at radius 2 is 1.67 bits per heavy atom. The molecule has 0 aliphatic carbocycles. The van der Waals surface area contributed by atoms with E-state index in [1.165, 1.54) is 0 Å². The molecule has 1 aromatic heterocycles. The number of aromatic amines is 1. The Morgan fingerprint density at radius 1 is 1.07 bits per heavy atom. The van der Waals surface area contributed by atoms with Crippen molar-refractivity contribution < 1.29 is 5.48 Å². The van der Waals surface area contributed by atoms with E-state index in [2.05, 4.69) is 10.2 Å². The zero-order chi connectivity index (χ0) is 8.39. The largest absolute Gasteiger partial charge is 0.412 e. The van der Waals surface area contributed by atoms with Crippen molar-refractivity contribution in [2.75, 3.05) is 5.73 Å². The Balaban J connectivity index is 0. The average molecular weight is 250 g/mol. The third kappa shape index (κ3) is 3.43. The van der Waals surface area contributed by atoms with E-state index >= 15 is 0 Å². The van der Waals surface area contributed by atoms with Gasteiger partial charge in [0.15, 0.2) is 0 Å². The summed E-state index contributed by atoms with van der Waals surface area (Å²) in [6.45, 7) is 0. The lowest BCUT2D eigenvalue weighted by Crippen LogP contribution is -1.85. The number of halogens is 2. The summed E-state index contributed by atoms with van der Waals surface area (Å²) in [6.07, 6.45) is 1.61. The van der Waals surface area contributed by atoms with Crippen LogP contribution in [0.2, 0.25) is 0 Å². The predicted molar refractivity (Wildman–Crippen MR) is 66.5 cm³/mol. The van der Waals surface area contributed by atoms with E-state index in [0.717, 1.165) is 11.3 Å².